The molecule has 3 heterocycles. The Balaban J connectivity index is 1.39. The Bertz CT molecular complexity index is 1130. The minimum absolute atomic E-state index is 0.00148. The first-order valence-corrected chi connectivity index (χ1v) is 11.0. The van der Waals surface area contributed by atoms with Crippen LogP contribution in [0.5, 0.6) is 11.5 Å². The van der Waals surface area contributed by atoms with Gasteiger partial charge >= 0.3 is 5.97 Å². The van der Waals surface area contributed by atoms with Gasteiger partial charge in [0.05, 0.1) is 5.54 Å². The molecule has 1 saturated heterocycles. The van der Waals surface area contributed by atoms with Crippen LogP contribution in [-0.4, -0.2) is 41.4 Å². The molecule has 4 aliphatic rings. The first-order chi connectivity index (χ1) is 15.6. The fourth-order valence-electron chi connectivity index (χ4n) is 6.08. The zero-order chi connectivity index (χ0) is 21.9. The standard InChI is InChI=1S/C25H23NO6/c27-19-12-18-17-11-21-20(31-14-32-21)10-16(17)7-9-26-22(28)6-8-25(18,26)23(19)24(29)30-13-15-4-2-1-3-5-15/h1-5,10-11,18,23H,6-9,12-14H2/t18-,23?,25+/m0/s1. The van der Waals surface area contributed by atoms with Crippen molar-refractivity contribution in [3.8, 4) is 11.5 Å². The molecule has 3 atom stereocenters. The fourth-order valence-corrected chi connectivity index (χ4v) is 6.08. The predicted molar refractivity (Wildman–Crippen MR) is 112 cm³/mol. The summed E-state index contributed by atoms with van der Waals surface area (Å²) in [6.07, 6.45) is 1.67. The molecule has 0 aromatic heterocycles. The topological polar surface area (TPSA) is 82.1 Å². The van der Waals surface area contributed by atoms with Gasteiger partial charge in [-0.2, -0.15) is 0 Å². The molecule has 2 aromatic rings. The summed E-state index contributed by atoms with van der Waals surface area (Å²) >= 11 is 0. The average Bonchev–Trinajstić information content (AvgIpc) is 3.45. The van der Waals surface area contributed by atoms with E-state index in [1.165, 1.54) is 0 Å². The highest BCUT2D eigenvalue weighted by Gasteiger charge is 2.66. The van der Waals surface area contributed by atoms with Crippen molar-refractivity contribution in [1.82, 2.24) is 4.90 Å². The summed E-state index contributed by atoms with van der Waals surface area (Å²) in [4.78, 5) is 41.3. The van der Waals surface area contributed by atoms with Crippen LogP contribution in [0.3, 0.4) is 0 Å². The van der Waals surface area contributed by atoms with Crippen molar-refractivity contribution in [3.63, 3.8) is 0 Å². The molecule has 164 valence electrons. The molecular formula is C25H23NO6. The second kappa shape index (κ2) is 7.08. The van der Waals surface area contributed by atoms with Gasteiger partial charge in [0.15, 0.2) is 11.5 Å². The largest absolute Gasteiger partial charge is 0.460 e. The third kappa shape index (κ3) is 2.70. The predicted octanol–water partition coefficient (Wildman–Crippen LogP) is 2.75. The number of amides is 1. The molecule has 1 spiro atoms. The van der Waals surface area contributed by atoms with Gasteiger partial charge in [-0.25, -0.2) is 0 Å². The number of hydrogen-bond acceptors (Lipinski definition) is 6. The van der Waals surface area contributed by atoms with E-state index < -0.39 is 17.4 Å². The molecule has 0 radical (unpaired) electrons. The molecule has 1 saturated carbocycles. The first kappa shape index (κ1) is 19.3. The Morgan fingerprint density at radius 1 is 1.09 bits per heavy atom. The van der Waals surface area contributed by atoms with E-state index in [1.54, 1.807) is 4.90 Å². The average molecular weight is 433 g/mol. The summed E-state index contributed by atoms with van der Waals surface area (Å²) in [5.74, 6) is -0.586. The number of carbonyl (C=O) groups is 3. The number of esters is 1. The minimum atomic E-state index is -0.973. The highest BCUT2D eigenvalue weighted by atomic mass is 16.7. The van der Waals surface area contributed by atoms with Gasteiger partial charge in [0.25, 0.3) is 0 Å². The van der Waals surface area contributed by atoms with Gasteiger partial charge in [-0.05, 0) is 41.7 Å². The molecule has 1 amide bonds. The maximum atomic E-state index is 13.3. The molecule has 1 unspecified atom stereocenters. The van der Waals surface area contributed by atoms with Gasteiger partial charge in [0.1, 0.15) is 18.3 Å². The smallest absolute Gasteiger partial charge is 0.319 e. The van der Waals surface area contributed by atoms with E-state index in [2.05, 4.69) is 0 Å². The van der Waals surface area contributed by atoms with Crippen molar-refractivity contribution in [3.05, 3.63) is 59.2 Å². The summed E-state index contributed by atoms with van der Waals surface area (Å²) in [6, 6.07) is 13.3. The third-order valence-electron chi connectivity index (χ3n) is 7.45. The zero-order valence-corrected chi connectivity index (χ0v) is 17.5. The number of ketones is 1. The maximum Gasteiger partial charge on any atom is 0.319 e. The number of carbonyl (C=O) groups excluding carboxylic acids is 3. The van der Waals surface area contributed by atoms with Gasteiger partial charge in [0.2, 0.25) is 12.7 Å². The highest BCUT2D eigenvalue weighted by Crippen LogP contribution is 2.57. The Hall–Kier alpha value is -3.35. The zero-order valence-electron chi connectivity index (χ0n) is 17.5. The number of Topliss-reactive ketones (excluding diaryl/α,β-unsaturated/α-hetero) is 1. The molecule has 1 aliphatic carbocycles. The molecule has 7 heteroatoms. The van der Waals surface area contributed by atoms with Crippen LogP contribution in [0, 0.1) is 5.92 Å². The van der Waals surface area contributed by atoms with Crippen molar-refractivity contribution >= 4 is 17.7 Å². The van der Waals surface area contributed by atoms with Gasteiger partial charge in [-0.1, -0.05) is 30.3 Å². The first-order valence-electron chi connectivity index (χ1n) is 11.0. The van der Waals surface area contributed by atoms with E-state index in [4.69, 9.17) is 14.2 Å². The van der Waals surface area contributed by atoms with Crippen LogP contribution in [0.25, 0.3) is 0 Å². The van der Waals surface area contributed by atoms with Crippen LogP contribution in [0.2, 0.25) is 0 Å². The second-order valence-electron chi connectivity index (χ2n) is 8.94. The lowest BCUT2D eigenvalue weighted by Gasteiger charge is -2.41. The lowest BCUT2D eigenvalue weighted by atomic mass is 9.74. The van der Waals surface area contributed by atoms with E-state index in [-0.39, 0.29) is 37.4 Å². The summed E-state index contributed by atoms with van der Waals surface area (Å²) in [6.45, 7) is 0.747. The molecule has 3 aliphatic heterocycles. The van der Waals surface area contributed by atoms with Crippen LogP contribution >= 0.6 is 0 Å². The number of ether oxygens (including phenoxy) is 3. The number of rotatable bonds is 3. The molecule has 7 nitrogen and oxygen atoms in total. The molecule has 0 bridgehead atoms. The summed E-state index contributed by atoms with van der Waals surface area (Å²) < 4.78 is 16.8. The maximum absolute atomic E-state index is 13.3. The summed E-state index contributed by atoms with van der Waals surface area (Å²) in [5, 5.41) is 0. The van der Waals surface area contributed by atoms with Crippen LogP contribution in [-0.2, 0) is 32.1 Å². The quantitative estimate of drug-likeness (QED) is 0.547. The van der Waals surface area contributed by atoms with Gasteiger partial charge in [-0.3, -0.25) is 14.4 Å². The molecule has 6 rings (SSSR count). The lowest BCUT2D eigenvalue weighted by Crippen LogP contribution is -2.55. The molecule has 2 fully saturated rings. The lowest BCUT2D eigenvalue weighted by molar-refractivity contribution is -0.157. The van der Waals surface area contributed by atoms with Crippen LogP contribution in [0.1, 0.15) is 41.9 Å². The summed E-state index contributed by atoms with van der Waals surface area (Å²) in [5.41, 5.74) is 2.02. The highest BCUT2D eigenvalue weighted by molar-refractivity contribution is 6.05. The third-order valence-corrected chi connectivity index (χ3v) is 7.45. The Kier molecular flexibility index (Phi) is 4.28. The fraction of sp³-hybridized carbons (Fsp3) is 0.400. The van der Waals surface area contributed by atoms with Crippen molar-refractivity contribution in [2.75, 3.05) is 13.3 Å². The van der Waals surface area contributed by atoms with Crippen LogP contribution in [0.4, 0.5) is 0 Å². The van der Waals surface area contributed by atoms with E-state index >= 15 is 0 Å². The molecule has 0 N–H and O–H groups in total. The second-order valence-corrected chi connectivity index (χ2v) is 8.94. The van der Waals surface area contributed by atoms with Crippen molar-refractivity contribution in [1.29, 1.82) is 0 Å². The number of benzene rings is 2. The van der Waals surface area contributed by atoms with Crippen molar-refractivity contribution in [2.24, 2.45) is 5.92 Å². The van der Waals surface area contributed by atoms with Crippen LogP contribution < -0.4 is 9.47 Å². The van der Waals surface area contributed by atoms with E-state index in [0.717, 1.165) is 16.7 Å². The Morgan fingerprint density at radius 3 is 2.69 bits per heavy atom. The van der Waals surface area contributed by atoms with Crippen LogP contribution in [0.15, 0.2) is 42.5 Å². The monoisotopic (exact) mass is 433 g/mol. The van der Waals surface area contributed by atoms with E-state index in [0.29, 0.717) is 37.3 Å². The van der Waals surface area contributed by atoms with E-state index in [9.17, 15) is 14.4 Å². The Labute approximate surface area is 185 Å². The SMILES string of the molecule is O=C1C[C@H]2c3cc4c(cc3CCN3C(=O)CC[C@]23C1C(=O)OCc1ccccc1)OCO4. The van der Waals surface area contributed by atoms with Gasteiger partial charge in [-0.15, -0.1) is 0 Å². The number of hydrogen-bond donors (Lipinski definition) is 0. The number of fused-ring (bicyclic) bond motifs is 3. The van der Waals surface area contributed by atoms with Gasteiger partial charge < -0.3 is 19.1 Å². The van der Waals surface area contributed by atoms with Gasteiger partial charge in [0, 0.05) is 25.3 Å². The molecule has 32 heavy (non-hydrogen) atoms. The van der Waals surface area contributed by atoms with Crippen molar-refractivity contribution in [2.45, 2.75) is 43.7 Å². The minimum Gasteiger partial charge on any atom is -0.460 e. The van der Waals surface area contributed by atoms with E-state index in [1.807, 2.05) is 42.5 Å². The molecule has 2 aromatic carbocycles. The van der Waals surface area contributed by atoms with Crippen molar-refractivity contribution < 1.29 is 28.6 Å². The summed E-state index contributed by atoms with van der Waals surface area (Å²) in [7, 11) is 0. The Morgan fingerprint density at radius 2 is 1.88 bits per heavy atom. The normalized spacial score (nSPS) is 27.6. The molecular weight excluding hydrogens is 410 g/mol. The number of nitrogens with zero attached hydrogens (tertiary/aromatic N) is 1.